The number of benzene rings is 2. The van der Waals surface area contributed by atoms with Crippen LogP contribution in [0.1, 0.15) is 35.8 Å². The van der Waals surface area contributed by atoms with Crippen LogP contribution in [-0.4, -0.2) is 72.1 Å². The van der Waals surface area contributed by atoms with Crippen molar-refractivity contribution >= 4 is 56.5 Å². The number of aliphatic hydroxyl groups is 1. The van der Waals surface area contributed by atoms with Crippen molar-refractivity contribution in [1.82, 2.24) is 29.2 Å². The number of alkyl halides is 1. The van der Waals surface area contributed by atoms with Crippen molar-refractivity contribution in [3.05, 3.63) is 81.4 Å². The molecule has 13 heteroatoms. The zero-order chi connectivity index (χ0) is 30.4. The molecule has 0 saturated carbocycles. The summed E-state index contributed by atoms with van der Waals surface area (Å²) in [5.41, 5.74) is 4.39. The predicted octanol–water partition coefficient (Wildman–Crippen LogP) is 5.78. The molecule has 7 rings (SSSR count). The van der Waals surface area contributed by atoms with Gasteiger partial charge in [-0.25, -0.2) is 14.4 Å². The molecule has 0 unspecified atom stereocenters. The number of fused-ring (bicyclic) bond motifs is 2. The lowest BCUT2D eigenvalue weighted by molar-refractivity contribution is -0.118. The Kier molecular flexibility index (Phi) is 8.15. The van der Waals surface area contributed by atoms with E-state index in [1.807, 2.05) is 18.2 Å². The van der Waals surface area contributed by atoms with E-state index >= 15 is 0 Å². The highest BCUT2D eigenvalue weighted by Gasteiger charge is 2.34. The number of amides is 1. The van der Waals surface area contributed by atoms with E-state index in [9.17, 15) is 14.3 Å². The molecule has 44 heavy (non-hydrogen) atoms. The Morgan fingerprint density at radius 1 is 1.18 bits per heavy atom. The van der Waals surface area contributed by atoms with Gasteiger partial charge in [-0.2, -0.15) is 5.10 Å². The van der Waals surface area contributed by atoms with Gasteiger partial charge in [-0.15, -0.1) is 11.3 Å². The van der Waals surface area contributed by atoms with E-state index in [1.54, 1.807) is 28.7 Å². The van der Waals surface area contributed by atoms with Crippen LogP contribution in [0.5, 0.6) is 0 Å². The number of aliphatic hydroxyl groups excluding tert-OH is 1. The van der Waals surface area contributed by atoms with Gasteiger partial charge < -0.3 is 14.6 Å². The van der Waals surface area contributed by atoms with Crippen LogP contribution in [0.25, 0.3) is 22.0 Å². The summed E-state index contributed by atoms with van der Waals surface area (Å²) >= 11 is 15.1. The van der Waals surface area contributed by atoms with E-state index in [0.29, 0.717) is 37.5 Å². The van der Waals surface area contributed by atoms with E-state index in [-0.39, 0.29) is 19.1 Å². The van der Waals surface area contributed by atoms with Gasteiger partial charge in [-0.3, -0.25) is 14.8 Å². The molecule has 2 atom stereocenters. The van der Waals surface area contributed by atoms with Gasteiger partial charge in [0, 0.05) is 60.5 Å². The van der Waals surface area contributed by atoms with Crippen molar-refractivity contribution in [3.63, 3.8) is 0 Å². The fourth-order valence-corrected chi connectivity index (χ4v) is 7.18. The minimum atomic E-state index is -1.04. The summed E-state index contributed by atoms with van der Waals surface area (Å²) in [6.45, 7) is 3.00. The van der Waals surface area contributed by atoms with Gasteiger partial charge in [0.25, 0.3) is 5.91 Å². The molecule has 0 aliphatic carbocycles. The third kappa shape index (κ3) is 5.75. The van der Waals surface area contributed by atoms with Crippen LogP contribution in [0.15, 0.2) is 54.4 Å². The van der Waals surface area contributed by atoms with Crippen LogP contribution in [0.3, 0.4) is 0 Å². The fraction of sp³-hybridized carbons (Fsp3) is 0.355. The Hall–Kier alpha value is -3.35. The average molecular weight is 655 g/mol. The van der Waals surface area contributed by atoms with E-state index in [0.717, 1.165) is 50.0 Å². The fourth-order valence-electron chi connectivity index (χ4n) is 6.09. The van der Waals surface area contributed by atoms with Crippen molar-refractivity contribution in [2.24, 2.45) is 0 Å². The molecule has 1 amide bonds. The van der Waals surface area contributed by atoms with Crippen molar-refractivity contribution in [2.75, 3.05) is 25.0 Å². The number of imidazole rings is 1. The minimum Gasteiger partial charge on any atom is -0.393 e. The number of carbonyl (C=O) groups excluding carboxylic acids is 1. The normalized spacial score (nSPS) is 18.1. The smallest absolute Gasteiger partial charge is 0.257 e. The lowest BCUT2D eigenvalue weighted by atomic mass is 10.0. The maximum atomic E-state index is 14.3. The molecule has 5 aromatic rings. The summed E-state index contributed by atoms with van der Waals surface area (Å²) in [7, 11) is 0. The van der Waals surface area contributed by atoms with Crippen LogP contribution in [0.2, 0.25) is 10.0 Å². The highest BCUT2D eigenvalue weighted by atomic mass is 35.5. The first-order chi connectivity index (χ1) is 21.3. The standard InChI is InChI=1S/C31H30Cl2FN7O2S/c32-24-14-22(19-3-1-18(2-4-19)5-9-39-10-6-21(42)7-11-39)26(33)27-23(24)16-41(38-27)29(30(43)37-31-35-8-12-44-31)28-25-13-20(34)15-40(25)17-36-28/h1-4,8,12,14,16-17,20-21,29,42H,5-7,9-11,13,15H2,(H,35,37,43)/t20-,29-/m1/s1. The van der Waals surface area contributed by atoms with Crippen molar-refractivity contribution in [1.29, 1.82) is 0 Å². The third-order valence-corrected chi connectivity index (χ3v) is 9.85. The molecule has 1 fully saturated rings. The van der Waals surface area contributed by atoms with E-state index in [4.69, 9.17) is 28.3 Å². The molecule has 1 saturated heterocycles. The summed E-state index contributed by atoms with van der Waals surface area (Å²) in [6, 6.07) is 9.07. The molecule has 2 aromatic carbocycles. The number of likely N-dealkylation sites (tertiary alicyclic amines) is 1. The highest BCUT2D eigenvalue weighted by Crippen LogP contribution is 2.39. The van der Waals surface area contributed by atoms with Gasteiger partial charge in [-0.05, 0) is 36.5 Å². The van der Waals surface area contributed by atoms with Crippen LogP contribution in [-0.2, 0) is 24.2 Å². The van der Waals surface area contributed by atoms with Gasteiger partial charge >= 0.3 is 0 Å². The Labute approximate surface area is 267 Å². The molecule has 2 aliphatic rings. The molecule has 3 aromatic heterocycles. The molecule has 2 N–H and O–H groups in total. The first-order valence-corrected chi connectivity index (χ1v) is 16.2. The van der Waals surface area contributed by atoms with E-state index < -0.39 is 18.1 Å². The molecule has 5 heterocycles. The number of piperidine rings is 1. The average Bonchev–Trinajstić information content (AvgIpc) is 3.82. The van der Waals surface area contributed by atoms with Crippen LogP contribution in [0.4, 0.5) is 9.52 Å². The number of aromatic nitrogens is 5. The number of nitrogens with one attached hydrogen (secondary N) is 1. The molecule has 228 valence electrons. The predicted molar refractivity (Wildman–Crippen MR) is 170 cm³/mol. The molecule has 0 bridgehead atoms. The van der Waals surface area contributed by atoms with E-state index in [2.05, 4.69) is 32.3 Å². The lowest BCUT2D eigenvalue weighted by Gasteiger charge is -2.29. The van der Waals surface area contributed by atoms with Gasteiger partial charge in [0.2, 0.25) is 0 Å². The van der Waals surface area contributed by atoms with Gasteiger partial charge in [0.15, 0.2) is 11.2 Å². The minimum absolute atomic E-state index is 0.167. The van der Waals surface area contributed by atoms with Crippen LogP contribution in [0, 0.1) is 0 Å². The second-order valence-electron chi connectivity index (χ2n) is 11.4. The molecule has 0 radical (unpaired) electrons. The SMILES string of the molecule is O=C(Nc1nccs1)[C@@H](c1ncn2c1C[C@@H](F)C2)n1cc2c(Cl)cc(-c3ccc(CCN4CCC(O)CC4)cc3)c(Cl)c2n1. The number of hydrogen-bond donors (Lipinski definition) is 2. The lowest BCUT2D eigenvalue weighted by Crippen LogP contribution is -2.37. The Morgan fingerprint density at radius 3 is 2.73 bits per heavy atom. The third-order valence-electron chi connectivity index (χ3n) is 8.47. The summed E-state index contributed by atoms with van der Waals surface area (Å²) in [6.07, 6.45) is 6.39. The first kappa shape index (κ1) is 29.4. The van der Waals surface area contributed by atoms with Crippen molar-refractivity contribution in [3.8, 4) is 11.1 Å². The van der Waals surface area contributed by atoms with Crippen molar-refractivity contribution < 1.29 is 14.3 Å². The number of nitrogens with zero attached hydrogens (tertiary/aromatic N) is 6. The number of rotatable bonds is 8. The maximum absolute atomic E-state index is 14.3. The second kappa shape index (κ2) is 12.2. The molecule has 2 aliphatic heterocycles. The summed E-state index contributed by atoms with van der Waals surface area (Å²) < 4.78 is 17.6. The highest BCUT2D eigenvalue weighted by molar-refractivity contribution is 7.13. The summed E-state index contributed by atoms with van der Waals surface area (Å²) in [5, 5.41) is 21.0. The van der Waals surface area contributed by atoms with Gasteiger partial charge in [0.1, 0.15) is 11.7 Å². The quantitative estimate of drug-likeness (QED) is 0.220. The van der Waals surface area contributed by atoms with Crippen LogP contribution >= 0.6 is 34.5 Å². The maximum Gasteiger partial charge on any atom is 0.257 e. The number of carbonyl (C=O) groups is 1. The number of thiazole rings is 1. The Bertz CT molecular complexity index is 1800. The molecule has 0 spiro atoms. The topological polar surface area (TPSA) is 101 Å². The number of anilines is 1. The largest absolute Gasteiger partial charge is 0.393 e. The van der Waals surface area contributed by atoms with Gasteiger partial charge in [-0.1, -0.05) is 47.5 Å². The van der Waals surface area contributed by atoms with Gasteiger partial charge in [0.05, 0.1) is 34.7 Å². The molecular formula is C31H30Cl2FN7O2S. The summed E-state index contributed by atoms with van der Waals surface area (Å²) in [5.74, 6) is -0.402. The number of hydrogen-bond acceptors (Lipinski definition) is 7. The molecular weight excluding hydrogens is 624 g/mol. The Balaban J connectivity index is 1.19. The summed E-state index contributed by atoms with van der Waals surface area (Å²) in [4.78, 5) is 24.8. The first-order valence-electron chi connectivity index (χ1n) is 14.6. The van der Waals surface area contributed by atoms with E-state index in [1.165, 1.54) is 21.6 Å². The Morgan fingerprint density at radius 2 is 1.98 bits per heavy atom. The van der Waals surface area contributed by atoms with Crippen molar-refractivity contribution in [2.45, 2.75) is 50.5 Å². The number of halogens is 3. The van der Waals surface area contributed by atoms with Crippen LogP contribution < -0.4 is 5.32 Å². The zero-order valence-corrected chi connectivity index (χ0v) is 26.0. The zero-order valence-electron chi connectivity index (χ0n) is 23.7. The molecule has 9 nitrogen and oxygen atoms in total. The monoisotopic (exact) mass is 653 g/mol. The second-order valence-corrected chi connectivity index (χ2v) is 13.1.